The number of hydrogen-bond donors (Lipinski definition) is 0. The zero-order valence-corrected chi connectivity index (χ0v) is 12.9. The second kappa shape index (κ2) is 7.83. The normalized spacial score (nSPS) is 11.5. The van der Waals surface area contributed by atoms with Gasteiger partial charge in [0.05, 0.1) is 13.7 Å². The maximum Gasteiger partial charge on any atom is 0.378 e. The predicted octanol–water partition coefficient (Wildman–Crippen LogP) is 3.50. The van der Waals surface area contributed by atoms with Gasteiger partial charge in [-0.3, -0.25) is 4.90 Å². The Bertz CT molecular complexity index is 576. The Kier molecular flexibility index (Phi) is 5.82. The van der Waals surface area contributed by atoms with Crippen molar-refractivity contribution in [3.8, 4) is 0 Å². The van der Waals surface area contributed by atoms with E-state index in [0.717, 1.165) is 18.2 Å². The summed E-state index contributed by atoms with van der Waals surface area (Å²) < 4.78 is 32.1. The number of alkyl halides is 2. The highest BCUT2D eigenvalue weighted by Crippen LogP contribution is 2.20. The Balaban J connectivity index is 2.15. The van der Waals surface area contributed by atoms with Gasteiger partial charge in [0.1, 0.15) is 0 Å². The zero-order valence-electron chi connectivity index (χ0n) is 12.9. The van der Waals surface area contributed by atoms with Crippen molar-refractivity contribution < 1.29 is 18.3 Å². The average Bonchev–Trinajstić information content (AvgIpc) is 2.55. The van der Waals surface area contributed by atoms with Crippen LogP contribution in [0.25, 0.3) is 0 Å². The van der Waals surface area contributed by atoms with Crippen LogP contribution in [0, 0.1) is 0 Å². The van der Waals surface area contributed by atoms with E-state index >= 15 is 0 Å². The van der Waals surface area contributed by atoms with Gasteiger partial charge in [-0.25, -0.2) is 4.79 Å². The number of ether oxygens (including phenoxy) is 1. The SMILES string of the molecule is COC(=O)C(F)(F)CN(Cc1ccccc1)Cc1ccccc1. The number of carbonyl (C=O) groups is 1. The van der Waals surface area contributed by atoms with E-state index in [1.807, 2.05) is 60.7 Å². The van der Waals surface area contributed by atoms with E-state index in [9.17, 15) is 13.6 Å². The lowest BCUT2D eigenvalue weighted by atomic mass is 10.1. The summed E-state index contributed by atoms with van der Waals surface area (Å²) in [5.41, 5.74) is 1.81. The molecule has 0 aliphatic rings. The van der Waals surface area contributed by atoms with Crippen molar-refractivity contribution in [2.75, 3.05) is 13.7 Å². The van der Waals surface area contributed by atoms with Gasteiger partial charge in [-0.1, -0.05) is 60.7 Å². The van der Waals surface area contributed by atoms with Gasteiger partial charge in [-0.15, -0.1) is 0 Å². The molecule has 5 heteroatoms. The topological polar surface area (TPSA) is 29.5 Å². The van der Waals surface area contributed by atoms with E-state index in [1.54, 1.807) is 4.90 Å². The van der Waals surface area contributed by atoms with Crippen molar-refractivity contribution in [2.24, 2.45) is 0 Å². The number of rotatable bonds is 7. The molecule has 0 saturated heterocycles. The molecule has 0 bridgehead atoms. The van der Waals surface area contributed by atoms with Crippen LogP contribution in [0.3, 0.4) is 0 Å². The van der Waals surface area contributed by atoms with Crippen molar-refractivity contribution in [1.29, 1.82) is 0 Å². The number of methoxy groups -OCH3 is 1. The molecule has 2 aromatic carbocycles. The molecule has 0 aromatic heterocycles. The highest BCUT2D eigenvalue weighted by atomic mass is 19.3. The fourth-order valence-electron chi connectivity index (χ4n) is 2.35. The van der Waals surface area contributed by atoms with Gasteiger partial charge >= 0.3 is 11.9 Å². The number of benzene rings is 2. The maximum absolute atomic E-state index is 14.0. The van der Waals surface area contributed by atoms with Crippen LogP contribution in [0.1, 0.15) is 11.1 Å². The van der Waals surface area contributed by atoms with E-state index in [-0.39, 0.29) is 0 Å². The van der Waals surface area contributed by atoms with Crippen LogP contribution in [0.4, 0.5) is 8.78 Å². The van der Waals surface area contributed by atoms with Crippen molar-refractivity contribution in [3.05, 3.63) is 71.8 Å². The standard InChI is InChI=1S/C18H19F2NO2/c1-23-17(22)18(19,20)14-21(12-15-8-4-2-5-9-15)13-16-10-6-3-7-11-16/h2-11H,12-14H2,1H3. The second-order valence-electron chi connectivity index (χ2n) is 5.31. The highest BCUT2D eigenvalue weighted by molar-refractivity contribution is 5.77. The summed E-state index contributed by atoms with van der Waals surface area (Å²) in [4.78, 5) is 12.8. The molecule has 0 atom stereocenters. The van der Waals surface area contributed by atoms with Crippen LogP contribution < -0.4 is 0 Å². The summed E-state index contributed by atoms with van der Waals surface area (Å²) in [6, 6.07) is 18.6. The number of halogens is 2. The van der Waals surface area contributed by atoms with E-state index in [0.29, 0.717) is 13.1 Å². The molecule has 0 N–H and O–H groups in total. The lowest BCUT2D eigenvalue weighted by Gasteiger charge is -2.26. The van der Waals surface area contributed by atoms with E-state index in [4.69, 9.17) is 0 Å². The molecule has 0 radical (unpaired) electrons. The molecule has 0 unspecified atom stereocenters. The smallest absolute Gasteiger partial charge is 0.378 e. The quantitative estimate of drug-likeness (QED) is 0.732. The first kappa shape index (κ1) is 17.1. The lowest BCUT2D eigenvalue weighted by molar-refractivity contribution is -0.171. The summed E-state index contributed by atoms with van der Waals surface area (Å²) in [5.74, 6) is -5.05. The summed E-state index contributed by atoms with van der Waals surface area (Å²) in [6.07, 6.45) is 0. The van der Waals surface area contributed by atoms with Crippen molar-refractivity contribution in [3.63, 3.8) is 0 Å². The summed E-state index contributed by atoms with van der Waals surface area (Å²) in [7, 11) is 0.967. The first-order valence-electron chi connectivity index (χ1n) is 7.28. The van der Waals surface area contributed by atoms with Gasteiger partial charge in [0.2, 0.25) is 0 Å². The number of hydrogen-bond acceptors (Lipinski definition) is 3. The fourth-order valence-corrected chi connectivity index (χ4v) is 2.35. The number of nitrogens with zero attached hydrogens (tertiary/aromatic N) is 1. The minimum Gasteiger partial charge on any atom is -0.465 e. The minimum absolute atomic E-state index is 0.322. The monoisotopic (exact) mass is 319 g/mol. The van der Waals surface area contributed by atoms with Gasteiger partial charge in [-0.2, -0.15) is 8.78 Å². The van der Waals surface area contributed by atoms with Crippen LogP contribution in [-0.2, 0) is 22.6 Å². The summed E-state index contributed by atoms with van der Waals surface area (Å²) in [6.45, 7) is -0.0475. The third-order valence-electron chi connectivity index (χ3n) is 3.40. The van der Waals surface area contributed by atoms with Gasteiger partial charge in [0, 0.05) is 13.1 Å². The molecule has 2 rings (SSSR count). The van der Waals surface area contributed by atoms with Crippen LogP contribution >= 0.6 is 0 Å². The van der Waals surface area contributed by atoms with E-state index in [1.165, 1.54) is 0 Å². The Morgan fingerprint density at radius 2 is 1.39 bits per heavy atom. The first-order valence-corrected chi connectivity index (χ1v) is 7.28. The lowest BCUT2D eigenvalue weighted by Crippen LogP contribution is -2.42. The van der Waals surface area contributed by atoms with Gasteiger partial charge in [0.15, 0.2) is 0 Å². The molecule has 3 nitrogen and oxygen atoms in total. The molecule has 0 aliphatic heterocycles. The second-order valence-corrected chi connectivity index (χ2v) is 5.31. The van der Waals surface area contributed by atoms with Gasteiger partial charge < -0.3 is 4.74 Å². The molecule has 0 fully saturated rings. The molecular weight excluding hydrogens is 300 g/mol. The molecular formula is C18H19F2NO2. The van der Waals surface area contributed by atoms with E-state index in [2.05, 4.69) is 4.74 Å². The Morgan fingerprint density at radius 3 is 1.78 bits per heavy atom. The molecule has 2 aromatic rings. The molecule has 0 heterocycles. The average molecular weight is 319 g/mol. The zero-order chi connectivity index (χ0) is 16.7. The van der Waals surface area contributed by atoms with E-state index < -0.39 is 18.4 Å². The molecule has 23 heavy (non-hydrogen) atoms. The number of esters is 1. The molecule has 122 valence electrons. The molecule has 0 saturated carbocycles. The Morgan fingerprint density at radius 1 is 0.957 bits per heavy atom. The van der Waals surface area contributed by atoms with Gasteiger partial charge in [-0.05, 0) is 11.1 Å². The molecule has 0 aliphatic carbocycles. The maximum atomic E-state index is 14.0. The summed E-state index contributed by atoms with van der Waals surface area (Å²) >= 11 is 0. The van der Waals surface area contributed by atoms with Crippen molar-refractivity contribution in [1.82, 2.24) is 4.90 Å². The van der Waals surface area contributed by atoms with Crippen molar-refractivity contribution in [2.45, 2.75) is 19.0 Å². The third kappa shape index (κ3) is 5.14. The number of carbonyl (C=O) groups excluding carboxylic acids is 1. The Labute approximate surface area is 134 Å². The predicted molar refractivity (Wildman–Crippen MR) is 84.0 cm³/mol. The van der Waals surface area contributed by atoms with Crippen LogP contribution in [0.5, 0.6) is 0 Å². The minimum atomic E-state index is -3.54. The van der Waals surface area contributed by atoms with Crippen LogP contribution in [0.15, 0.2) is 60.7 Å². The largest absolute Gasteiger partial charge is 0.465 e. The first-order chi connectivity index (χ1) is 11.0. The Hall–Kier alpha value is -2.27. The van der Waals surface area contributed by atoms with Crippen LogP contribution in [0.2, 0.25) is 0 Å². The third-order valence-corrected chi connectivity index (χ3v) is 3.40. The summed E-state index contributed by atoms with van der Waals surface area (Å²) in [5, 5.41) is 0. The van der Waals surface area contributed by atoms with Crippen LogP contribution in [-0.4, -0.2) is 30.4 Å². The molecule has 0 amide bonds. The van der Waals surface area contributed by atoms with Crippen molar-refractivity contribution >= 4 is 5.97 Å². The van der Waals surface area contributed by atoms with Gasteiger partial charge in [0.25, 0.3) is 0 Å². The molecule has 0 spiro atoms. The fraction of sp³-hybridized carbons (Fsp3) is 0.278. The highest BCUT2D eigenvalue weighted by Gasteiger charge is 2.41.